The van der Waals surface area contributed by atoms with E-state index in [0.29, 0.717) is 0 Å². The minimum Gasteiger partial charge on any atom is -0.489 e. The Balaban J connectivity index is 2.38. The number of rotatable bonds is 15. The van der Waals surface area contributed by atoms with E-state index in [1.54, 1.807) is 13.0 Å². The van der Waals surface area contributed by atoms with Crippen LogP contribution in [0.4, 0.5) is 0 Å². The molecule has 0 aromatic heterocycles. The molecule has 0 aliphatic rings. The quantitative estimate of drug-likeness (QED) is 0.314. The highest BCUT2D eigenvalue weighted by atomic mass is 32.2. The summed E-state index contributed by atoms with van der Waals surface area (Å²) in [4.78, 5) is -0.229. The highest BCUT2D eigenvalue weighted by Crippen LogP contribution is 2.26. The van der Waals surface area contributed by atoms with Gasteiger partial charge in [-0.15, -0.1) is 0 Å². The first-order valence-electron chi connectivity index (χ1n) is 10.3. The summed E-state index contributed by atoms with van der Waals surface area (Å²) in [6, 6.07) is 4.84. The molecule has 2 N–H and O–H groups in total. The summed E-state index contributed by atoms with van der Waals surface area (Å²) in [6.45, 7) is 3.75. The Bertz CT molecular complexity index is 625. The lowest BCUT2D eigenvalue weighted by molar-refractivity contribution is 0.121. The van der Waals surface area contributed by atoms with Gasteiger partial charge in [0.15, 0.2) is 0 Å². The second kappa shape index (κ2) is 13.1. The first kappa shape index (κ1) is 23.9. The van der Waals surface area contributed by atoms with Gasteiger partial charge in [0.05, 0.1) is 6.10 Å². The zero-order chi connectivity index (χ0) is 20.1. The van der Waals surface area contributed by atoms with Gasteiger partial charge in [0.2, 0.25) is 0 Å². The predicted octanol–water partition coefficient (Wildman–Crippen LogP) is 5.16. The van der Waals surface area contributed by atoms with Crippen LogP contribution in [0.15, 0.2) is 23.1 Å². The van der Waals surface area contributed by atoms with Crippen molar-refractivity contribution in [2.75, 3.05) is 6.61 Å². The van der Waals surface area contributed by atoms with Crippen molar-refractivity contribution in [2.24, 2.45) is 0 Å². The number of unbranched alkanes of at least 4 members (excludes halogenated alkanes) is 9. The van der Waals surface area contributed by atoms with Crippen LogP contribution in [0.1, 0.15) is 83.6 Å². The molecule has 0 bridgehead atoms. The van der Waals surface area contributed by atoms with Gasteiger partial charge in [0, 0.05) is 0 Å². The zero-order valence-electron chi connectivity index (χ0n) is 16.8. The van der Waals surface area contributed by atoms with Gasteiger partial charge in [-0.25, -0.2) is 0 Å². The summed E-state index contributed by atoms with van der Waals surface area (Å²) in [5.41, 5.74) is 0.867. The lowest BCUT2D eigenvalue weighted by atomic mass is 10.0. The molecule has 5 nitrogen and oxygen atoms in total. The monoisotopic (exact) mass is 400 g/mol. The van der Waals surface area contributed by atoms with E-state index in [-0.39, 0.29) is 17.3 Å². The SMILES string of the molecule is CCCCCCCCCCCCc1ccc(OCC(C)O)c(S(=O)(=O)O)c1. The van der Waals surface area contributed by atoms with Gasteiger partial charge in [-0.3, -0.25) is 4.55 Å². The molecule has 156 valence electrons. The van der Waals surface area contributed by atoms with Gasteiger partial charge < -0.3 is 9.84 Å². The Morgan fingerprint density at radius 2 is 1.52 bits per heavy atom. The van der Waals surface area contributed by atoms with Crippen molar-refractivity contribution >= 4 is 10.1 Å². The molecule has 6 heteroatoms. The number of benzene rings is 1. The summed E-state index contributed by atoms with van der Waals surface area (Å²) in [7, 11) is -4.36. The molecule has 1 aromatic carbocycles. The van der Waals surface area contributed by atoms with Crippen LogP contribution in [0.3, 0.4) is 0 Å². The lowest BCUT2D eigenvalue weighted by Gasteiger charge is -2.12. The van der Waals surface area contributed by atoms with Crippen LogP contribution < -0.4 is 4.74 Å². The van der Waals surface area contributed by atoms with E-state index < -0.39 is 16.2 Å². The first-order chi connectivity index (χ1) is 12.8. The molecule has 1 aromatic rings. The molecule has 0 saturated heterocycles. The molecule has 1 rings (SSSR count). The molecule has 0 fully saturated rings. The number of aryl methyl sites for hydroxylation is 1. The second-order valence-electron chi connectivity index (χ2n) is 7.35. The molecule has 0 aliphatic carbocycles. The van der Waals surface area contributed by atoms with Crippen molar-refractivity contribution in [3.63, 3.8) is 0 Å². The van der Waals surface area contributed by atoms with Crippen LogP contribution in [-0.2, 0) is 16.5 Å². The van der Waals surface area contributed by atoms with E-state index >= 15 is 0 Å². The average Bonchev–Trinajstić information content (AvgIpc) is 2.61. The molecular formula is C21H36O5S. The minimum absolute atomic E-state index is 0.0275. The Morgan fingerprint density at radius 3 is 2.04 bits per heavy atom. The van der Waals surface area contributed by atoms with Crippen LogP contribution in [0.25, 0.3) is 0 Å². The fraction of sp³-hybridized carbons (Fsp3) is 0.714. The summed E-state index contributed by atoms with van der Waals surface area (Å²) in [6.07, 6.45) is 12.6. The van der Waals surface area contributed by atoms with Crippen LogP contribution in [-0.4, -0.2) is 30.8 Å². The van der Waals surface area contributed by atoms with E-state index in [1.807, 2.05) is 6.07 Å². The van der Waals surface area contributed by atoms with E-state index in [4.69, 9.17) is 4.74 Å². The van der Waals surface area contributed by atoms with Crippen molar-refractivity contribution in [3.8, 4) is 5.75 Å². The van der Waals surface area contributed by atoms with Crippen molar-refractivity contribution < 1.29 is 22.8 Å². The first-order valence-corrected chi connectivity index (χ1v) is 11.7. The van der Waals surface area contributed by atoms with E-state index in [0.717, 1.165) is 24.8 Å². The van der Waals surface area contributed by atoms with E-state index in [2.05, 4.69) is 6.92 Å². The Morgan fingerprint density at radius 1 is 0.963 bits per heavy atom. The molecule has 1 atom stereocenters. The fourth-order valence-corrected chi connectivity index (χ4v) is 3.74. The van der Waals surface area contributed by atoms with Crippen LogP contribution >= 0.6 is 0 Å². The third kappa shape index (κ3) is 10.7. The maximum atomic E-state index is 11.6. The minimum atomic E-state index is -4.36. The molecular weight excluding hydrogens is 364 g/mol. The van der Waals surface area contributed by atoms with Gasteiger partial charge in [-0.05, 0) is 37.5 Å². The number of hydrogen-bond donors (Lipinski definition) is 2. The lowest BCUT2D eigenvalue weighted by Crippen LogP contribution is -2.14. The molecule has 0 heterocycles. The van der Waals surface area contributed by atoms with Gasteiger partial charge in [0.1, 0.15) is 17.3 Å². The molecule has 0 spiro atoms. The van der Waals surface area contributed by atoms with E-state index in [9.17, 15) is 18.1 Å². The molecule has 0 radical (unpaired) electrons. The van der Waals surface area contributed by atoms with E-state index in [1.165, 1.54) is 57.4 Å². The molecule has 0 aliphatic heterocycles. The number of aliphatic hydroxyl groups is 1. The maximum absolute atomic E-state index is 11.6. The Kier molecular flexibility index (Phi) is 11.6. The number of hydrogen-bond acceptors (Lipinski definition) is 4. The topological polar surface area (TPSA) is 83.8 Å². The largest absolute Gasteiger partial charge is 0.489 e. The van der Waals surface area contributed by atoms with Gasteiger partial charge in [-0.2, -0.15) is 8.42 Å². The average molecular weight is 401 g/mol. The van der Waals surface area contributed by atoms with Crippen molar-refractivity contribution in [1.29, 1.82) is 0 Å². The zero-order valence-corrected chi connectivity index (χ0v) is 17.6. The summed E-state index contributed by atoms with van der Waals surface area (Å²) >= 11 is 0. The number of aliphatic hydroxyl groups excluding tert-OH is 1. The van der Waals surface area contributed by atoms with Crippen molar-refractivity contribution in [1.82, 2.24) is 0 Å². The third-order valence-corrected chi connectivity index (χ3v) is 5.46. The van der Waals surface area contributed by atoms with Crippen molar-refractivity contribution in [2.45, 2.75) is 95.5 Å². The molecule has 27 heavy (non-hydrogen) atoms. The third-order valence-electron chi connectivity index (χ3n) is 4.59. The summed E-state index contributed by atoms with van der Waals surface area (Å²) in [5.74, 6) is 0.0743. The fourth-order valence-electron chi connectivity index (χ4n) is 3.06. The molecule has 1 unspecified atom stereocenters. The highest BCUT2D eigenvalue weighted by molar-refractivity contribution is 7.86. The Labute approximate surface area is 164 Å². The molecule has 0 saturated carbocycles. The summed E-state index contributed by atoms with van der Waals surface area (Å²) < 4.78 is 37.9. The highest BCUT2D eigenvalue weighted by Gasteiger charge is 2.18. The number of ether oxygens (including phenoxy) is 1. The molecule has 0 amide bonds. The predicted molar refractivity (Wildman–Crippen MR) is 109 cm³/mol. The second-order valence-corrected chi connectivity index (χ2v) is 8.74. The van der Waals surface area contributed by atoms with Crippen molar-refractivity contribution in [3.05, 3.63) is 23.8 Å². The van der Waals surface area contributed by atoms with Gasteiger partial charge in [0.25, 0.3) is 10.1 Å². The Hall–Kier alpha value is -1.11. The standard InChI is InChI=1S/C21H36O5S/c1-3-4-5-6-7-8-9-10-11-12-13-19-14-15-20(26-17-18(2)22)21(16-19)27(23,24)25/h14-16,18,22H,3-13,17H2,1-2H3,(H,23,24,25). The smallest absolute Gasteiger partial charge is 0.298 e. The van der Waals surface area contributed by atoms with Crippen LogP contribution in [0, 0.1) is 0 Å². The van der Waals surface area contributed by atoms with Crippen LogP contribution in [0.2, 0.25) is 0 Å². The van der Waals surface area contributed by atoms with Gasteiger partial charge >= 0.3 is 0 Å². The van der Waals surface area contributed by atoms with Crippen LogP contribution in [0.5, 0.6) is 5.75 Å². The summed E-state index contributed by atoms with van der Waals surface area (Å²) in [5, 5.41) is 9.28. The maximum Gasteiger partial charge on any atom is 0.298 e. The van der Waals surface area contributed by atoms with Gasteiger partial charge in [-0.1, -0.05) is 70.8 Å². The normalized spacial score (nSPS) is 12.9.